The molecule has 90 valence electrons. The molecule has 1 aromatic heterocycles. The van der Waals surface area contributed by atoms with Crippen molar-refractivity contribution in [3.8, 4) is 0 Å². The topological polar surface area (TPSA) is 54.0 Å². The van der Waals surface area contributed by atoms with E-state index in [2.05, 4.69) is 15.6 Å². The molecule has 1 amide bonds. The van der Waals surface area contributed by atoms with Gasteiger partial charge in [0.1, 0.15) is 5.69 Å². The van der Waals surface area contributed by atoms with Crippen LogP contribution in [0.2, 0.25) is 0 Å². The van der Waals surface area contributed by atoms with Crippen molar-refractivity contribution in [3.05, 3.63) is 34.9 Å². The highest BCUT2D eigenvalue weighted by atomic mass is 19.1. The van der Waals surface area contributed by atoms with Crippen LogP contribution in [0.5, 0.6) is 0 Å². The van der Waals surface area contributed by atoms with Gasteiger partial charge in [0.05, 0.1) is 0 Å². The first-order valence-electron chi connectivity index (χ1n) is 5.49. The van der Waals surface area contributed by atoms with E-state index in [4.69, 9.17) is 0 Å². The Morgan fingerprint density at radius 1 is 1.59 bits per heavy atom. The van der Waals surface area contributed by atoms with Crippen molar-refractivity contribution in [1.29, 1.82) is 0 Å². The van der Waals surface area contributed by atoms with Gasteiger partial charge in [0.25, 0.3) is 5.91 Å². The van der Waals surface area contributed by atoms with Gasteiger partial charge in [0, 0.05) is 19.2 Å². The van der Waals surface area contributed by atoms with Crippen molar-refractivity contribution >= 4 is 12.0 Å². The number of hydrogen-bond donors (Lipinski definition) is 2. The minimum absolute atomic E-state index is 0.0942. The maximum Gasteiger partial charge on any atom is 0.269 e. The zero-order chi connectivity index (χ0) is 12.3. The van der Waals surface area contributed by atoms with Crippen LogP contribution in [0.15, 0.2) is 17.7 Å². The molecule has 17 heavy (non-hydrogen) atoms. The average Bonchev–Trinajstić information content (AvgIpc) is 2.83. The molecule has 0 atom stereocenters. The van der Waals surface area contributed by atoms with E-state index in [1.54, 1.807) is 12.1 Å². The highest BCUT2D eigenvalue weighted by Gasteiger charge is 2.11. The van der Waals surface area contributed by atoms with Gasteiger partial charge < -0.3 is 10.6 Å². The van der Waals surface area contributed by atoms with Gasteiger partial charge in [-0.15, -0.1) is 0 Å². The number of amides is 1. The first kappa shape index (κ1) is 11.7. The van der Waals surface area contributed by atoms with Crippen molar-refractivity contribution in [1.82, 2.24) is 15.6 Å². The van der Waals surface area contributed by atoms with Gasteiger partial charge in [0.15, 0.2) is 0 Å². The van der Waals surface area contributed by atoms with E-state index in [1.165, 1.54) is 13.1 Å². The number of nitrogens with one attached hydrogen (secondary N) is 2. The molecule has 1 aromatic rings. The largest absolute Gasteiger partial charge is 0.354 e. The van der Waals surface area contributed by atoms with Crippen LogP contribution in [0, 0.1) is 5.95 Å². The summed E-state index contributed by atoms with van der Waals surface area (Å²) in [5.74, 6) is -0.990. The van der Waals surface area contributed by atoms with Gasteiger partial charge in [-0.3, -0.25) is 4.79 Å². The third kappa shape index (κ3) is 2.68. The van der Waals surface area contributed by atoms with Gasteiger partial charge >= 0.3 is 0 Å². The highest BCUT2D eigenvalue weighted by Crippen LogP contribution is 2.15. The standard InChI is InChI=1S/C12H14FN3O/c1-14-12(17)10-3-2-9(11(13)16-10)6-8-4-5-15-7-8/h2-3,6,15H,4-5,7H2,1H3,(H,14,17)/b8-6-. The number of halogens is 1. The number of pyridine rings is 1. The van der Waals surface area contributed by atoms with Crippen LogP contribution < -0.4 is 10.6 Å². The predicted molar refractivity (Wildman–Crippen MR) is 63.0 cm³/mol. The molecule has 0 unspecified atom stereocenters. The van der Waals surface area contributed by atoms with Gasteiger partial charge in [0.2, 0.25) is 5.95 Å². The molecule has 5 heteroatoms. The number of nitrogens with zero attached hydrogens (tertiary/aromatic N) is 1. The van der Waals surface area contributed by atoms with E-state index in [0.717, 1.165) is 25.1 Å². The summed E-state index contributed by atoms with van der Waals surface area (Å²) in [6.45, 7) is 1.72. The molecule has 2 heterocycles. The molecule has 2 N–H and O–H groups in total. The number of carbonyl (C=O) groups excluding carboxylic acids is 1. The fourth-order valence-corrected chi connectivity index (χ4v) is 1.74. The maximum absolute atomic E-state index is 13.6. The molecule has 1 aliphatic heterocycles. The van der Waals surface area contributed by atoms with Gasteiger partial charge in [-0.1, -0.05) is 5.57 Å². The summed E-state index contributed by atoms with van der Waals surface area (Å²) in [7, 11) is 1.49. The minimum atomic E-state index is -0.606. The van der Waals surface area contributed by atoms with Crippen LogP contribution >= 0.6 is 0 Å². The van der Waals surface area contributed by atoms with Crippen LogP contribution in [0.4, 0.5) is 4.39 Å². The lowest BCUT2D eigenvalue weighted by molar-refractivity contribution is 0.0957. The number of aromatic nitrogens is 1. The average molecular weight is 235 g/mol. The van der Waals surface area contributed by atoms with Gasteiger partial charge in [-0.25, -0.2) is 4.98 Å². The Morgan fingerprint density at radius 3 is 3.00 bits per heavy atom. The second kappa shape index (κ2) is 5.05. The molecule has 1 saturated heterocycles. The minimum Gasteiger partial charge on any atom is -0.354 e. The van der Waals surface area contributed by atoms with Crippen molar-refractivity contribution < 1.29 is 9.18 Å². The molecule has 1 aliphatic rings. The van der Waals surface area contributed by atoms with E-state index in [9.17, 15) is 9.18 Å². The van der Waals surface area contributed by atoms with Gasteiger partial charge in [-0.05, 0) is 31.2 Å². The Kier molecular flexibility index (Phi) is 3.49. The first-order chi connectivity index (χ1) is 8.20. The molecule has 0 radical (unpaired) electrons. The second-order valence-corrected chi connectivity index (χ2v) is 3.89. The summed E-state index contributed by atoms with van der Waals surface area (Å²) < 4.78 is 13.6. The van der Waals surface area contributed by atoms with Crippen molar-refractivity contribution in [3.63, 3.8) is 0 Å². The lowest BCUT2D eigenvalue weighted by Crippen LogP contribution is -2.19. The smallest absolute Gasteiger partial charge is 0.269 e. The Morgan fingerprint density at radius 2 is 2.41 bits per heavy atom. The summed E-state index contributed by atoms with van der Waals surface area (Å²) >= 11 is 0. The Balaban J connectivity index is 2.25. The van der Waals surface area contributed by atoms with Crippen molar-refractivity contribution in [2.75, 3.05) is 20.1 Å². The van der Waals surface area contributed by atoms with E-state index in [0.29, 0.717) is 5.56 Å². The molecule has 2 rings (SSSR count). The molecular formula is C12H14FN3O. The Labute approximate surface area is 98.9 Å². The zero-order valence-corrected chi connectivity index (χ0v) is 9.59. The molecule has 1 fully saturated rings. The van der Waals surface area contributed by atoms with E-state index in [1.807, 2.05) is 0 Å². The van der Waals surface area contributed by atoms with E-state index < -0.39 is 5.95 Å². The summed E-state index contributed by atoms with van der Waals surface area (Å²) in [4.78, 5) is 14.9. The molecule has 0 aliphatic carbocycles. The normalized spacial score (nSPS) is 17.4. The SMILES string of the molecule is CNC(=O)c1ccc(/C=C2/CCNC2)c(F)n1. The number of carbonyl (C=O) groups is 1. The molecule has 0 spiro atoms. The number of hydrogen-bond acceptors (Lipinski definition) is 3. The summed E-state index contributed by atoms with van der Waals surface area (Å²) in [5, 5.41) is 5.58. The quantitative estimate of drug-likeness (QED) is 0.751. The maximum atomic E-state index is 13.6. The Bertz CT molecular complexity index is 463. The number of rotatable bonds is 2. The summed E-state index contributed by atoms with van der Waals surface area (Å²) in [5.41, 5.74) is 1.67. The molecular weight excluding hydrogens is 221 g/mol. The third-order valence-electron chi connectivity index (χ3n) is 2.67. The fourth-order valence-electron chi connectivity index (χ4n) is 1.74. The zero-order valence-electron chi connectivity index (χ0n) is 9.59. The third-order valence-corrected chi connectivity index (χ3v) is 2.67. The van der Waals surface area contributed by atoms with Crippen molar-refractivity contribution in [2.24, 2.45) is 0 Å². The van der Waals surface area contributed by atoms with Crippen LogP contribution in [0.3, 0.4) is 0 Å². The summed E-state index contributed by atoms with van der Waals surface area (Å²) in [6.07, 6.45) is 2.71. The van der Waals surface area contributed by atoms with Crippen LogP contribution in [0.25, 0.3) is 6.08 Å². The lowest BCUT2D eigenvalue weighted by atomic mass is 10.1. The molecule has 0 aromatic carbocycles. The van der Waals surface area contributed by atoms with Gasteiger partial charge in [-0.2, -0.15) is 4.39 Å². The van der Waals surface area contributed by atoms with E-state index in [-0.39, 0.29) is 11.6 Å². The molecule has 0 bridgehead atoms. The summed E-state index contributed by atoms with van der Waals surface area (Å²) in [6, 6.07) is 3.11. The van der Waals surface area contributed by atoms with E-state index >= 15 is 0 Å². The van der Waals surface area contributed by atoms with Crippen molar-refractivity contribution in [2.45, 2.75) is 6.42 Å². The molecule has 0 saturated carbocycles. The second-order valence-electron chi connectivity index (χ2n) is 3.89. The molecule has 4 nitrogen and oxygen atoms in total. The monoisotopic (exact) mass is 235 g/mol. The highest BCUT2D eigenvalue weighted by molar-refractivity contribution is 5.92. The van der Waals surface area contributed by atoms with Crippen LogP contribution in [-0.2, 0) is 0 Å². The first-order valence-corrected chi connectivity index (χ1v) is 5.49. The lowest BCUT2D eigenvalue weighted by Gasteiger charge is -2.02. The van der Waals surface area contributed by atoms with Crippen LogP contribution in [-0.4, -0.2) is 31.0 Å². The predicted octanol–water partition coefficient (Wildman–Crippen LogP) is 0.957. The fraction of sp³-hybridized carbons (Fsp3) is 0.333. The Hall–Kier alpha value is -1.75. The van der Waals surface area contributed by atoms with Crippen LogP contribution in [0.1, 0.15) is 22.5 Å².